The highest BCUT2D eigenvalue weighted by Gasteiger charge is 2.31. The van der Waals surface area contributed by atoms with Crippen LogP contribution in [0, 0.1) is 0 Å². The van der Waals surface area contributed by atoms with Crippen LogP contribution in [0.25, 0.3) is 5.57 Å². The number of thiophene rings is 1. The van der Waals surface area contributed by atoms with Crippen LogP contribution in [0.1, 0.15) is 34.4 Å². The molecule has 0 unspecified atom stereocenters. The van der Waals surface area contributed by atoms with E-state index >= 15 is 0 Å². The lowest BCUT2D eigenvalue weighted by Gasteiger charge is -2.33. The van der Waals surface area contributed by atoms with E-state index < -0.39 is 0 Å². The zero-order valence-electron chi connectivity index (χ0n) is 15.4. The Kier molecular flexibility index (Phi) is 5.82. The molecule has 1 atom stereocenters. The molecule has 0 saturated heterocycles. The molecule has 3 rings (SSSR count). The molecule has 2 N–H and O–H groups in total. The number of nitrogens with zero attached hydrogens (tertiary/aromatic N) is 2. The first-order chi connectivity index (χ1) is 13.0. The number of aliphatic imine (C=N–C) groups is 1. The number of halogens is 1. The number of allylic oxidation sites excluding steroid dienone is 2. The van der Waals surface area contributed by atoms with Gasteiger partial charge in [-0.2, -0.15) is 0 Å². The van der Waals surface area contributed by atoms with Gasteiger partial charge in [-0.25, -0.2) is 0 Å². The number of hydrogen-bond acceptors (Lipinski definition) is 4. The number of fused-ring (bicyclic) bond motifs is 1. The number of amides is 1. The smallest absolute Gasteiger partial charge is 0.246 e. The Morgan fingerprint density at radius 3 is 2.81 bits per heavy atom. The molecule has 1 aromatic carbocycles. The summed E-state index contributed by atoms with van der Waals surface area (Å²) in [6.07, 6.45) is 3.15. The predicted molar refractivity (Wildman–Crippen MR) is 114 cm³/mol. The number of hydrogen-bond donors (Lipinski definition) is 1. The van der Waals surface area contributed by atoms with Gasteiger partial charge in [0.05, 0.1) is 10.9 Å². The fraction of sp³-hybridized carbons (Fsp3) is 0.238. The van der Waals surface area contributed by atoms with Crippen molar-refractivity contribution in [3.8, 4) is 0 Å². The maximum absolute atomic E-state index is 12.3. The van der Waals surface area contributed by atoms with Crippen molar-refractivity contribution in [2.45, 2.75) is 19.4 Å². The molecule has 1 aliphatic heterocycles. The zero-order valence-corrected chi connectivity index (χ0v) is 17.0. The van der Waals surface area contributed by atoms with Crippen molar-refractivity contribution in [1.29, 1.82) is 0 Å². The van der Waals surface area contributed by atoms with Gasteiger partial charge in [-0.1, -0.05) is 42.4 Å². The molecule has 2 aromatic rings. The van der Waals surface area contributed by atoms with Crippen LogP contribution < -0.4 is 5.73 Å². The van der Waals surface area contributed by atoms with Crippen LogP contribution in [-0.2, 0) is 11.3 Å². The lowest BCUT2D eigenvalue weighted by atomic mass is 9.83. The van der Waals surface area contributed by atoms with Gasteiger partial charge >= 0.3 is 0 Å². The zero-order chi connectivity index (χ0) is 19.6. The van der Waals surface area contributed by atoms with Crippen molar-refractivity contribution >= 4 is 40.6 Å². The van der Waals surface area contributed by atoms with Crippen LogP contribution in [0.5, 0.6) is 0 Å². The van der Waals surface area contributed by atoms with Gasteiger partial charge in [0.15, 0.2) is 0 Å². The standard InChI is InChI=1S/C21H22ClN3OS/c1-4-21(26)25-11-18(16-9-20(22)27-19(16)12-25)15-8-6-5-7-14(15)17(10-24-3)13(2)23/h4-10,18H,1,11-12,23H2,2-3H3/t18-/m1/s1. The molecule has 1 amide bonds. The van der Waals surface area contributed by atoms with Gasteiger partial charge in [0.25, 0.3) is 0 Å². The van der Waals surface area contributed by atoms with E-state index in [4.69, 9.17) is 17.3 Å². The number of nitrogens with two attached hydrogens (primary N) is 1. The Labute approximate surface area is 168 Å². The summed E-state index contributed by atoms with van der Waals surface area (Å²) < 4.78 is 0.733. The van der Waals surface area contributed by atoms with Crippen LogP contribution in [0.3, 0.4) is 0 Å². The summed E-state index contributed by atoms with van der Waals surface area (Å²) >= 11 is 7.84. The Morgan fingerprint density at radius 2 is 2.15 bits per heavy atom. The van der Waals surface area contributed by atoms with Gasteiger partial charge in [0, 0.05) is 41.9 Å². The van der Waals surface area contributed by atoms with Crippen molar-refractivity contribution in [2.24, 2.45) is 10.7 Å². The third-order valence-electron chi connectivity index (χ3n) is 4.72. The minimum atomic E-state index is -0.0754. The molecule has 2 heterocycles. The molecule has 0 aliphatic carbocycles. The first-order valence-electron chi connectivity index (χ1n) is 8.63. The second-order valence-corrected chi connectivity index (χ2v) is 8.24. The molecule has 0 saturated carbocycles. The minimum Gasteiger partial charge on any atom is -0.402 e. The maximum atomic E-state index is 12.3. The van der Waals surface area contributed by atoms with E-state index in [1.54, 1.807) is 13.3 Å². The monoisotopic (exact) mass is 399 g/mol. The van der Waals surface area contributed by atoms with Crippen LogP contribution in [0.4, 0.5) is 0 Å². The quantitative estimate of drug-likeness (QED) is 0.609. The predicted octanol–water partition coefficient (Wildman–Crippen LogP) is 4.45. The molecular formula is C21H22ClN3OS. The van der Waals surface area contributed by atoms with Crippen LogP contribution in [0.2, 0.25) is 4.34 Å². The fourth-order valence-electron chi connectivity index (χ4n) is 3.51. The summed E-state index contributed by atoms with van der Waals surface area (Å²) in [4.78, 5) is 19.4. The van der Waals surface area contributed by atoms with Crippen molar-refractivity contribution in [3.05, 3.63) is 74.6 Å². The van der Waals surface area contributed by atoms with E-state index in [0.29, 0.717) is 18.8 Å². The van der Waals surface area contributed by atoms with Crippen molar-refractivity contribution in [3.63, 3.8) is 0 Å². The van der Waals surface area contributed by atoms with Crippen LogP contribution in [0.15, 0.2) is 53.7 Å². The van der Waals surface area contributed by atoms with Crippen molar-refractivity contribution < 1.29 is 4.79 Å². The lowest BCUT2D eigenvalue weighted by molar-refractivity contribution is -0.127. The average molecular weight is 400 g/mol. The van der Waals surface area contributed by atoms with E-state index in [1.807, 2.05) is 36.1 Å². The van der Waals surface area contributed by atoms with E-state index in [2.05, 4.69) is 17.6 Å². The fourth-order valence-corrected chi connectivity index (χ4v) is 4.86. The highest BCUT2D eigenvalue weighted by atomic mass is 35.5. The van der Waals surface area contributed by atoms with E-state index in [1.165, 1.54) is 23.0 Å². The van der Waals surface area contributed by atoms with Gasteiger partial charge < -0.3 is 10.6 Å². The van der Waals surface area contributed by atoms with E-state index in [0.717, 1.165) is 25.9 Å². The molecule has 140 valence electrons. The molecule has 0 fully saturated rings. The minimum absolute atomic E-state index is 0.0113. The highest BCUT2D eigenvalue weighted by Crippen LogP contribution is 2.42. The topological polar surface area (TPSA) is 58.7 Å². The molecule has 6 heteroatoms. The summed E-state index contributed by atoms with van der Waals surface area (Å²) in [5.74, 6) is -0.0641. The Hall–Kier alpha value is -2.37. The number of rotatable bonds is 4. The molecule has 1 aliphatic rings. The molecule has 0 radical (unpaired) electrons. The van der Waals surface area contributed by atoms with E-state index in [9.17, 15) is 4.79 Å². The number of carbonyl (C=O) groups is 1. The summed E-state index contributed by atoms with van der Waals surface area (Å²) in [5.41, 5.74) is 11.0. The van der Waals surface area contributed by atoms with Gasteiger partial charge in [-0.15, -0.1) is 11.3 Å². The van der Waals surface area contributed by atoms with E-state index in [-0.39, 0.29) is 11.8 Å². The maximum Gasteiger partial charge on any atom is 0.246 e. The third kappa shape index (κ3) is 3.84. The second-order valence-electron chi connectivity index (χ2n) is 6.48. The normalized spacial score (nSPS) is 17.6. The summed E-state index contributed by atoms with van der Waals surface area (Å²) in [6, 6.07) is 10.1. The van der Waals surface area contributed by atoms with Crippen molar-refractivity contribution in [2.75, 3.05) is 13.6 Å². The third-order valence-corrected chi connectivity index (χ3v) is 5.98. The second kappa shape index (κ2) is 8.11. The van der Waals surface area contributed by atoms with Crippen molar-refractivity contribution in [1.82, 2.24) is 4.90 Å². The molecule has 0 spiro atoms. The largest absolute Gasteiger partial charge is 0.402 e. The molecule has 0 bridgehead atoms. The first-order valence-corrected chi connectivity index (χ1v) is 9.83. The molecular weight excluding hydrogens is 378 g/mol. The van der Waals surface area contributed by atoms with Crippen LogP contribution >= 0.6 is 22.9 Å². The Morgan fingerprint density at radius 1 is 1.41 bits per heavy atom. The highest BCUT2D eigenvalue weighted by molar-refractivity contribution is 7.16. The molecule has 4 nitrogen and oxygen atoms in total. The number of benzene rings is 1. The summed E-state index contributed by atoms with van der Waals surface area (Å²) in [5, 5.41) is 0. The summed E-state index contributed by atoms with van der Waals surface area (Å²) in [7, 11) is 1.73. The average Bonchev–Trinajstić information content (AvgIpc) is 3.04. The SMILES string of the molecule is C=CC(=O)N1Cc2sc(Cl)cc2[C@@H](c2ccccc2C(C=NC)=C(C)N)C1. The Balaban J connectivity index is 2.17. The summed E-state index contributed by atoms with van der Waals surface area (Å²) in [6.45, 7) is 6.64. The van der Waals surface area contributed by atoms with Gasteiger partial charge in [-0.05, 0) is 35.8 Å². The van der Waals surface area contributed by atoms with Gasteiger partial charge in [0.2, 0.25) is 5.91 Å². The molecule has 27 heavy (non-hydrogen) atoms. The van der Waals surface area contributed by atoms with Gasteiger partial charge in [0.1, 0.15) is 0 Å². The number of carbonyl (C=O) groups excluding carboxylic acids is 1. The lowest BCUT2D eigenvalue weighted by Crippen LogP contribution is -2.37. The Bertz CT molecular complexity index is 941. The van der Waals surface area contributed by atoms with Gasteiger partial charge in [-0.3, -0.25) is 9.79 Å². The van der Waals surface area contributed by atoms with Crippen LogP contribution in [-0.4, -0.2) is 30.6 Å². The molecule has 1 aromatic heterocycles. The first kappa shape index (κ1) is 19.4.